The zero-order valence-electron chi connectivity index (χ0n) is 12.1. The number of hydrogen-bond donors (Lipinski definition) is 0. The quantitative estimate of drug-likeness (QED) is 0.576. The predicted molar refractivity (Wildman–Crippen MR) is 73.5 cm³/mol. The van der Waals surface area contributed by atoms with Gasteiger partial charge in [0.1, 0.15) is 0 Å². The molecule has 0 radical (unpaired) electrons. The van der Waals surface area contributed by atoms with Crippen LogP contribution >= 0.6 is 0 Å². The molecule has 0 aliphatic heterocycles. The molecular formula is C16H32. The molecule has 0 aromatic heterocycles. The third-order valence-corrected chi connectivity index (χ3v) is 5.32. The second kappa shape index (κ2) is 6.67. The van der Waals surface area contributed by atoms with Crippen LogP contribution in [0.1, 0.15) is 73.1 Å². The largest absolute Gasteiger partial charge is 0.0654 e. The summed E-state index contributed by atoms with van der Waals surface area (Å²) in [5, 5.41) is 0. The van der Waals surface area contributed by atoms with Gasteiger partial charge in [-0.1, -0.05) is 66.7 Å². The molecule has 1 aliphatic rings. The molecule has 0 nitrogen and oxygen atoms in total. The highest BCUT2D eigenvalue weighted by molar-refractivity contribution is 4.84. The molecule has 0 N–H and O–H groups in total. The van der Waals surface area contributed by atoms with Crippen LogP contribution in [0.15, 0.2) is 0 Å². The van der Waals surface area contributed by atoms with Crippen molar-refractivity contribution in [1.82, 2.24) is 0 Å². The Hall–Kier alpha value is 0. The van der Waals surface area contributed by atoms with Crippen LogP contribution in [-0.4, -0.2) is 0 Å². The van der Waals surface area contributed by atoms with Crippen LogP contribution < -0.4 is 0 Å². The number of rotatable bonds is 5. The average molecular weight is 224 g/mol. The Morgan fingerprint density at radius 2 is 1.81 bits per heavy atom. The van der Waals surface area contributed by atoms with Crippen LogP contribution in [0.3, 0.4) is 0 Å². The van der Waals surface area contributed by atoms with Gasteiger partial charge in [-0.3, -0.25) is 0 Å². The van der Waals surface area contributed by atoms with Gasteiger partial charge >= 0.3 is 0 Å². The van der Waals surface area contributed by atoms with Gasteiger partial charge in [-0.2, -0.15) is 0 Å². The molecule has 0 aromatic carbocycles. The number of hydrogen-bond acceptors (Lipinski definition) is 0. The normalized spacial score (nSPS) is 34.7. The Morgan fingerprint density at radius 3 is 2.38 bits per heavy atom. The first-order valence-electron chi connectivity index (χ1n) is 7.61. The molecule has 16 heavy (non-hydrogen) atoms. The van der Waals surface area contributed by atoms with E-state index in [-0.39, 0.29) is 0 Å². The molecule has 0 heterocycles. The molecule has 0 spiro atoms. The Morgan fingerprint density at radius 1 is 1.12 bits per heavy atom. The van der Waals surface area contributed by atoms with Crippen LogP contribution in [0.5, 0.6) is 0 Å². The van der Waals surface area contributed by atoms with Crippen molar-refractivity contribution >= 4 is 0 Å². The van der Waals surface area contributed by atoms with E-state index in [4.69, 9.17) is 0 Å². The second-order valence-corrected chi connectivity index (χ2v) is 6.27. The molecule has 1 aliphatic carbocycles. The van der Waals surface area contributed by atoms with E-state index < -0.39 is 0 Å². The molecule has 0 aromatic rings. The Balaban J connectivity index is 2.68. The minimum atomic E-state index is 0.928. The molecule has 1 rings (SSSR count). The lowest BCUT2D eigenvalue weighted by atomic mass is 9.64. The van der Waals surface area contributed by atoms with E-state index in [0.29, 0.717) is 0 Å². The molecule has 5 unspecified atom stereocenters. The topological polar surface area (TPSA) is 0 Å². The van der Waals surface area contributed by atoms with Gasteiger partial charge in [-0.25, -0.2) is 0 Å². The highest BCUT2D eigenvalue weighted by Crippen LogP contribution is 2.43. The lowest BCUT2D eigenvalue weighted by molar-refractivity contribution is 0.0844. The van der Waals surface area contributed by atoms with E-state index >= 15 is 0 Å². The molecule has 0 saturated heterocycles. The van der Waals surface area contributed by atoms with Gasteiger partial charge < -0.3 is 0 Å². The lowest BCUT2D eigenvalue weighted by Crippen LogP contribution is -2.33. The van der Waals surface area contributed by atoms with E-state index in [0.717, 1.165) is 29.6 Å². The molecule has 0 bridgehead atoms. The molecule has 5 atom stereocenters. The minimum absolute atomic E-state index is 0.928. The SMILES string of the molecule is CCCC(C(C)CC)C1CCCC(C)C1C. The van der Waals surface area contributed by atoms with Crippen molar-refractivity contribution in [2.45, 2.75) is 73.1 Å². The zero-order chi connectivity index (χ0) is 12.1. The van der Waals surface area contributed by atoms with Crippen molar-refractivity contribution in [3.8, 4) is 0 Å². The Labute approximate surface area is 103 Å². The van der Waals surface area contributed by atoms with E-state index in [2.05, 4.69) is 34.6 Å². The van der Waals surface area contributed by atoms with Crippen LogP contribution in [0.2, 0.25) is 0 Å². The molecular weight excluding hydrogens is 192 g/mol. The summed E-state index contributed by atoms with van der Waals surface area (Å²) in [6.45, 7) is 12.2. The summed E-state index contributed by atoms with van der Waals surface area (Å²) < 4.78 is 0. The first kappa shape index (κ1) is 14.1. The second-order valence-electron chi connectivity index (χ2n) is 6.27. The fourth-order valence-electron chi connectivity index (χ4n) is 3.78. The Kier molecular flexibility index (Phi) is 5.86. The van der Waals surface area contributed by atoms with Gasteiger partial charge in [-0.15, -0.1) is 0 Å². The van der Waals surface area contributed by atoms with Crippen molar-refractivity contribution < 1.29 is 0 Å². The maximum Gasteiger partial charge on any atom is -0.0355 e. The molecule has 1 fully saturated rings. The van der Waals surface area contributed by atoms with E-state index in [1.807, 2.05) is 0 Å². The van der Waals surface area contributed by atoms with E-state index in [1.165, 1.54) is 38.5 Å². The van der Waals surface area contributed by atoms with Gasteiger partial charge in [0.05, 0.1) is 0 Å². The average Bonchev–Trinajstić information content (AvgIpc) is 2.29. The van der Waals surface area contributed by atoms with Gasteiger partial charge in [0.2, 0.25) is 0 Å². The van der Waals surface area contributed by atoms with E-state index in [1.54, 1.807) is 0 Å². The van der Waals surface area contributed by atoms with Gasteiger partial charge in [0.15, 0.2) is 0 Å². The van der Waals surface area contributed by atoms with Crippen molar-refractivity contribution in [1.29, 1.82) is 0 Å². The molecule has 0 heteroatoms. The summed E-state index contributed by atoms with van der Waals surface area (Å²) in [7, 11) is 0. The maximum absolute atomic E-state index is 2.51. The van der Waals surface area contributed by atoms with Crippen molar-refractivity contribution in [3.63, 3.8) is 0 Å². The third kappa shape index (κ3) is 3.25. The van der Waals surface area contributed by atoms with Crippen LogP contribution in [0, 0.1) is 29.6 Å². The van der Waals surface area contributed by atoms with Crippen molar-refractivity contribution in [3.05, 3.63) is 0 Å². The fraction of sp³-hybridized carbons (Fsp3) is 1.00. The van der Waals surface area contributed by atoms with Crippen molar-refractivity contribution in [2.75, 3.05) is 0 Å². The highest BCUT2D eigenvalue weighted by atomic mass is 14.4. The summed E-state index contributed by atoms with van der Waals surface area (Å²) in [5.41, 5.74) is 0. The maximum atomic E-state index is 2.51. The standard InChI is InChI=1S/C16H32/c1-6-9-15(12(3)7-2)16-11-8-10-13(4)14(16)5/h12-16H,6-11H2,1-5H3. The first-order valence-corrected chi connectivity index (χ1v) is 7.61. The molecule has 96 valence electrons. The molecule has 0 amide bonds. The lowest BCUT2D eigenvalue weighted by Gasteiger charge is -2.41. The summed E-state index contributed by atoms with van der Waals surface area (Å²) >= 11 is 0. The summed E-state index contributed by atoms with van der Waals surface area (Å²) in [5.74, 6) is 4.85. The minimum Gasteiger partial charge on any atom is -0.0654 e. The van der Waals surface area contributed by atoms with Crippen LogP contribution in [0.25, 0.3) is 0 Å². The predicted octanol–water partition coefficient (Wildman–Crippen LogP) is 5.52. The zero-order valence-corrected chi connectivity index (χ0v) is 12.1. The van der Waals surface area contributed by atoms with Crippen LogP contribution in [0.4, 0.5) is 0 Å². The fourth-order valence-corrected chi connectivity index (χ4v) is 3.78. The first-order chi connectivity index (χ1) is 7.61. The smallest absolute Gasteiger partial charge is 0.0355 e. The third-order valence-electron chi connectivity index (χ3n) is 5.32. The van der Waals surface area contributed by atoms with Crippen LogP contribution in [-0.2, 0) is 0 Å². The summed E-state index contributed by atoms with van der Waals surface area (Å²) in [6, 6.07) is 0. The summed E-state index contributed by atoms with van der Waals surface area (Å²) in [6.07, 6.45) is 8.63. The highest BCUT2D eigenvalue weighted by Gasteiger charge is 2.34. The monoisotopic (exact) mass is 224 g/mol. The summed E-state index contributed by atoms with van der Waals surface area (Å²) in [4.78, 5) is 0. The van der Waals surface area contributed by atoms with Gasteiger partial charge in [0, 0.05) is 0 Å². The van der Waals surface area contributed by atoms with Gasteiger partial charge in [0.25, 0.3) is 0 Å². The van der Waals surface area contributed by atoms with E-state index in [9.17, 15) is 0 Å². The van der Waals surface area contributed by atoms with Gasteiger partial charge in [-0.05, 0) is 36.0 Å². The molecule has 1 saturated carbocycles. The van der Waals surface area contributed by atoms with Crippen molar-refractivity contribution in [2.24, 2.45) is 29.6 Å². The Bertz CT molecular complexity index is 182.